The third-order valence-corrected chi connectivity index (χ3v) is 3.43. The van der Waals surface area contributed by atoms with E-state index < -0.39 is 0 Å². The normalized spacial score (nSPS) is 17.0. The van der Waals surface area contributed by atoms with Gasteiger partial charge in [-0.3, -0.25) is 9.48 Å². The average molecular weight is 232 g/mol. The van der Waals surface area contributed by atoms with Crippen LogP contribution in [-0.4, -0.2) is 15.6 Å². The molecule has 0 aliphatic heterocycles. The lowest BCUT2D eigenvalue weighted by atomic mass is 9.96. The van der Waals surface area contributed by atoms with Crippen LogP contribution in [-0.2, 0) is 11.2 Å². The van der Waals surface area contributed by atoms with Gasteiger partial charge < -0.3 is 0 Å². The van der Waals surface area contributed by atoms with Crippen LogP contribution in [0.2, 0.25) is 0 Å². The quantitative estimate of drug-likeness (QED) is 0.748. The summed E-state index contributed by atoms with van der Waals surface area (Å²) in [5.41, 5.74) is 1.47. The lowest BCUT2D eigenvalue weighted by molar-refractivity contribution is -0.114. The SMILES string of the molecule is C=C(C)C(=O)Cc1ccn(C2CCCCC2)n1. The Morgan fingerprint density at radius 3 is 2.82 bits per heavy atom. The summed E-state index contributed by atoms with van der Waals surface area (Å²) in [6.07, 6.45) is 8.77. The Morgan fingerprint density at radius 2 is 2.18 bits per heavy atom. The van der Waals surface area contributed by atoms with Gasteiger partial charge in [-0.15, -0.1) is 0 Å². The number of hydrogen-bond acceptors (Lipinski definition) is 2. The van der Waals surface area contributed by atoms with Crippen LogP contribution in [0.1, 0.15) is 50.8 Å². The van der Waals surface area contributed by atoms with Crippen molar-refractivity contribution < 1.29 is 4.79 Å². The van der Waals surface area contributed by atoms with Crippen LogP contribution in [0.4, 0.5) is 0 Å². The van der Waals surface area contributed by atoms with Gasteiger partial charge in [0.25, 0.3) is 0 Å². The van der Waals surface area contributed by atoms with Crippen molar-refractivity contribution in [3.8, 4) is 0 Å². The second-order valence-electron chi connectivity index (χ2n) is 4.96. The van der Waals surface area contributed by atoms with E-state index >= 15 is 0 Å². The summed E-state index contributed by atoms with van der Waals surface area (Å²) in [5, 5.41) is 4.51. The minimum atomic E-state index is 0.0823. The van der Waals surface area contributed by atoms with Crippen LogP contribution >= 0.6 is 0 Å². The number of allylic oxidation sites excluding steroid dienone is 1. The number of carbonyl (C=O) groups is 1. The highest BCUT2D eigenvalue weighted by atomic mass is 16.1. The van der Waals surface area contributed by atoms with Gasteiger partial charge >= 0.3 is 0 Å². The highest BCUT2D eigenvalue weighted by Crippen LogP contribution is 2.27. The standard InChI is InChI=1S/C14H20N2O/c1-11(2)14(17)10-12-8-9-16(15-12)13-6-4-3-5-7-13/h8-9,13H,1,3-7,10H2,2H3. The highest BCUT2D eigenvalue weighted by Gasteiger charge is 2.16. The van der Waals surface area contributed by atoms with Crippen LogP contribution in [0.5, 0.6) is 0 Å². The molecule has 17 heavy (non-hydrogen) atoms. The van der Waals surface area contributed by atoms with Gasteiger partial charge in [-0.25, -0.2) is 0 Å². The third kappa shape index (κ3) is 3.05. The number of aromatic nitrogens is 2. The van der Waals surface area contributed by atoms with Gasteiger partial charge in [0.1, 0.15) is 0 Å². The molecule has 1 saturated carbocycles. The first-order valence-corrected chi connectivity index (χ1v) is 6.39. The molecular weight excluding hydrogens is 212 g/mol. The van der Waals surface area contributed by atoms with Gasteiger partial charge in [-0.1, -0.05) is 25.8 Å². The van der Waals surface area contributed by atoms with E-state index in [-0.39, 0.29) is 5.78 Å². The van der Waals surface area contributed by atoms with E-state index in [4.69, 9.17) is 0 Å². The molecule has 1 aliphatic rings. The summed E-state index contributed by atoms with van der Waals surface area (Å²) in [6, 6.07) is 2.49. The van der Waals surface area contributed by atoms with Gasteiger partial charge in [0.2, 0.25) is 0 Å². The van der Waals surface area contributed by atoms with Crippen molar-refractivity contribution in [3.05, 3.63) is 30.1 Å². The molecule has 0 saturated heterocycles. The Labute approximate surface area is 103 Å². The van der Waals surface area contributed by atoms with Crippen LogP contribution in [0.15, 0.2) is 24.4 Å². The Kier molecular flexibility index (Phi) is 3.77. The first-order chi connectivity index (χ1) is 8.16. The van der Waals surface area contributed by atoms with Crippen LogP contribution < -0.4 is 0 Å². The predicted molar refractivity (Wildman–Crippen MR) is 67.9 cm³/mol. The molecule has 3 nitrogen and oxygen atoms in total. The van der Waals surface area contributed by atoms with Gasteiger partial charge in [0.15, 0.2) is 5.78 Å². The van der Waals surface area contributed by atoms with E-state index in [1.807, 2.05) is 16.9 Å². The highest BCUT2D eigenvalue weighted by molar-refractivity contribution is 5.95. The summed E-state index contributed by atoms with van der Waals surface area (Å²) in [5.74, 6) is 0.0823. The van der Waals surface area contributed by atoms with Crippen LogP contribution in [0.3, 0.4) is 0 Å². The van der Waals surface area contributed by atoms with E-state index in [2.05, 4.69) is 11.7 Å². The number of ketones is 1. The molecule has 0 spiro atoms. The van der Waals surface area contributed by atoms with E-state index in [0.29, 0.717) is 18.0 Å². The fourth-order valence-electron chi connectivity index (χ4n) is 2.34. The molecule has 0 bridgehead atoms. The van der Waals surface area contributed by atoms with Crippen molar-refractivity contribution >= 4 is 5.78 Å². The summed E-state index contributed by atoms with van der Waals surface area (Å²) in [4.78, 5) is 11.5. The van der Waals surface area contributed by atoms with Crippen molar-refractivity contribution in [1.82, 2.24) is 9.78 Å². The summed E-state index contributed by atoms with van der Waals surface area (Å²) in [6.45, 7) is 5.41. The van der Waals surface area contributed by atoms with E-state index in [0.717, 1.165) is 5.69 Å². The number of Topliss-reactive ketones (excluding diaryl/α,β-unsaturated/α-hetero) is 1. The molecule has 0 N–H and O–H groups in total. The smallest absolute Gasteiger partial charge is 0.163 e. The second-order valence-corrected chi connectivity index (χ2v) is 4.96. The number of carbonyl (C=O) groups excluding carboxylic acids is 1. The van der Waals surface area contributed by atoms with Gasteiger partial charge in [-0.2, -0.15) is 5.10 Å². The Balaban J connectivity index is 2.00. The lowest BCUT2D eigenvalue weighted by Gasteiger charge is -2.21. The first-order valence-electron chi connectivity index (χ1n) is 6.39. The summed E-state index contributed by atoms with van der Waals surface area (Å²) in [7, 11) is 0. The Bertz CT molecular complexity index is 414. The molecular formula is C14H20N2O. The number of nitrogens with zero attached hydrogens (tertiary/aromatic N) is 2. The first kappa shape index (κ1) is 12.1. The molecule has 92 valence electrons. The van der Waals surface area contributed by atoms with Crippen molar-refractivity contribution in [2.24, 2.45) is 0 Å². The van der Waals surface area contributed by atoms with E-state index in [1.54, 1.807) is 6.92 Å². The van der Waals surface area contributed by atoms with Crippen molar-refractivity contribution in [1.29, 1.82) is 0 Å². The molecule has 0 unspecified atom stereocenters. The molecule has 1 heterocycles. The number of rotatable bonds is 4. The van der Waals surface area contributed by atoms with Crippen molar-refractivity contribution in [2.45, 2.75) is 51.5 Å². The zero-order chi connectivity index (χ0) is 12.3. The van der Waals surface area contributed by atoms with Crippen molar-refractivity contribution in [2.75, 3.05) is 0 Å². The third-order valence-electron chi connectivity index (χ3n) is 3.43. The molecule has 1 fully saturated rings. The lowest BCUT2D eigenvalue weighted by Crippen LogP contribution is -2.14. The average Bonchev–Trinajstić information content (AvgIpc) is 2.78. The molecule has 1 aromatic rings. The summed E-state index contributed by atoms with van der Waals surface area (Å²) >= 11 is 0. The monoisotopic (exact) mass is 232 g/mol. The van der Waals surface area contributed by atoms with Gasteiger partial charge in [0, 0.05) is 6.20 Å². The maximum absolute atomic E-state index is 11.5. The largest absolute Gasteiger partial charge is 0.294 e. The zero-order valence-electron chi connectivity index (χ0n) is 10.5. The Morgan fingerprint density at radius 1 is 1.47 bits per heavy atom. The minimum Gasteiger partial charge on any atom is -0.294 e. The molecule has 0 aromatic carbocycles. The molecule has 0 atom stereocenters. The minimum absolute atomic E-state index is 0.0823. The second kappa shape index (κ2) is 5.30. The fourth-order valence-corrected chi connectivity index (χ4v) is 2.34. The van der Waals surface area contributed by atoms with Crippen LogP contribution in [0.25, 0.3) is 0 Å². The molecule has 2 rings (SSSR count). The zero-order valence-corrected chi connectivity index (χ0v) is 10.5. The topological polar surface area (TPSA) is 34.9 Å². The molecule has 3 heteroatoms. The predicted octanol–water partition coefficient (Wildman–Crippen LogP) is 3.08. The Hall–Kier alpha value is -1.38. The number of hydrogen-bond donors (Lipinski definition) is 0. The van der Waals surface area contributed by atoms with Crippen molar-refractivity contribution in [3.63, 3.8) is 0 Å². The van der Waals surface area contributed by atoms with E-state index in [9.17, 15) is 4.79 Å². The fraction of sp³-hybridized carbons (Fsp3) is 0.571. The summed E-state index contributed by atoms with van der Waals surface area (Å²) < 4.78 is 2.04. The maximum Gasteiger partial charge on any atom is 0.163 e. The van der Waals surface area contributed by atoms with Crippen LogP contribution in [0, 0.1) is 0 Å². The molecule has 0 radical (unpaired) electrons. The molecule has 1 aliphatic carbocycles. The molecule has 1 aromatic heterocycles. The molecule has 0 amide bonds. The maximum atomic E-state index is 11.5. The van der Waals surface area contributed by atoms with Gasteiger partial charge in [0.05, 0.1) is 18.2 Å². The van der Waals surface area contributed by atoms with E-state index in [1.165, 1.54) is 32.1 Å². The van der Waals surface area contributed by atoms with Gasteiger partial charge in [-0.05, 0) is 31.4 Å².